The zero-order chi connectivity index (χ0) is 10.4. The molecule has 7 N–H and O–H groups in total. The van der Waals surface area contributed by atoms with Crippen LogP contribution < -0.4 is 11.1 Å². The van der Waals surface area contributed by atoms with E-state index in [4.69, 9.17) is 21.1 Å². The minimum absolute atomic E-state index is 0.350. The summed E-state index contributed by atoms with van der Waals surface area (Å²) >= 11 is 0. The van der Waals surface area contributed by atoms with Crippen LogP contribution in [0.3, 0.4) is 0 Å². The molecule has 0 amide bonds. The van der Waals surface area contributed by atoms with Gasteiger partial charge in [0.15, 0.2) is 0 Å². The van der Waals surface area contributed by atoms with Crippen LogP contribution >= 0.6 is 0 Å². The largest absolute Gasteiger partial charge is 0.396 e. The minimum Gasteiger partial charge on any atom is -0.396 e. The molecule has 0 spiro atoms. The molecule has 0 fully saturated rings. The van der Waals surface area contributed by atoms with E-state index < -0.39 is 24.4 Å². The summed E-state index contributed by atoms with van der Waals surface area (Å²) in [5.41, 5.74) is 5.38. The number of nitrogens with one attached hydrogen (secondary N) is 1. The first kappa shape index (κ1) is 12.8. The van der Waals surface area contributed by atoms with Crippen molar-refractivity contribution in [2.45, 2.75) is 25.4 Å². The topological polar surface area (TPSA) is 119 Å². The Kier molecular flexibility index (Phi) is 6.13. The maximum atomic E-state index is 9.31. The monoisotopic (exact) mass is 194 g/mol. The molecule has 0 aromatic carbocycles. The number of aliphatic hydroxyl groups excluding tert-OH is 4. The third kappa shape index (κ3) is 4.51. The second kappa shape index (κ2) is 6.25. The maximum absolute atomic E-state index is 9.31. The number of aliphatic hydroxyl groups is 4. The summed E-state index contributed by atoms with van der Waals surface area (Å²) in [7, 11) is 0. The van der Waals surface area contributed by atoms with Crippen LogP contribution in [0.2, 0.25) is 0 Å². The highest BCUT2D eigenvalue weighted by Gasteiger charge is 2.20. The van der Waals surface area contributed by atoms with Crippen molar-refractivity contribution in [1.82, 2.24) is 5.32 Å². The van der Waals surface area contributed by atoms with E-state index in [0.717, 1.165) is 0 Å². The molecule has 3 atom stereocenters. The average Bonchev–Trinajstić information content (AvgIpc) is 2.06. The quantitative estimate of drug-likeness (QED) is 0.253. The molecule has 6 heteroatoms. The van der Waals surface area contributed by atoms with E-state index in [-0.39, 0.29) is 13.2 Å². The van der Waals surface area contributed by atoms with Crippen molar-refractivity contribution in [3.63, 3.8) is 0 Å². The number of hydrogen-bond acceptors (Lipinski definition) is 6. The Balaban J connectivity index is 3.89. The minimum atomic E-state index is -1.13. The molecule has 0 heterocycles. The van der Waals surface area contributed by atoms with Crippen LogP contribution in [0.5, 0.6) is 0 Å². The fraction of sp³-hybridized carbons (Fsp3) is 1.00. The van der Waals surface area contributed by atoms with Gasteiger partial charge in [-0.05, 0) is 6.92 Å². The van der Waals surface area contributed by atoms with Crippen molar-refractivity contribution in [2.24, 2.45) is 11.7 Å². The van der Waals surface area contributed by atoms with E-state index in [1.165, 1.54) is 6.92 Å². The Bertz CT molecular complexity index is 130. The van der Waals surface area contributed by atoms with Gasteiger partial charge in [0.05, 0.1) is 25.5 Å². The van der Waals surface area contributed by atoms with E-state index >= 15 is 0 Å². The van der Waals surface area contributed by atoms with E-state index in [1.54, 1.807) is 0 Å². The molecular formula is C7H18N2O4. The van der Waals surface area contributed by atoms with Gasteiger partial charge in [-0.25, -0.2) is 0 Å². The van der Waals surface area contributed by atoms with Gasteiger partial charge in [-0.15, -0.1) is 0 Å². The van der Waals surface area contributed by atoms with Gasteiger partial charge in [0.25, 0.3) is 0 Å². The predicted octanol–water partition coefficient (Wildman–Crippen LogP) is -2.84. The second-order valence-corrected chi connectivity index (χ2v) is 3.00. The molecule has 13 heavy (non-hydrogen) atoms. The highest BCUT2D eigenvalue weighted by Crippen LogP contribution is 2.00. The first-order chi connectivity index (χ1) is 6.02. The van der Waals surface area contributed by atoms with E-state index in [9.17, 15) is 5.11 Å². The fourth-order valence-electron chi connectivity index (χ4n) is 0.730. The van der Waals surface area contributed by atoms with E-state index in [2.05, 4.69) is 5.32 Å². The molecular weight excluding hydrogens is 176 g/mol. The first-order valence-electron chi connectivity index (χ1n) is 4.12. The second-order valence-electron chi connectivity index (χ2n) is 3.00. The summed E-state index contributed by atoms with van der Waals surface area (Å²) in [6, 6.07) is 0. The van der Waals surface area contributed by atoms with Gasteiger partial charge in [0.1, 0.15) is 6.23 Å². The van der Waals surface area contributed by atoms with Crippen LogP contribution in [0, 0.1) is 5.92 Å². The van der Waals surface area contributed by atoms with Gasteiger partial charge in [-0.1, -0.05) is 0 Å². The summed E-state index contributed by atoms with van der Waals surface area (Å²) in [5.74, 6) is -0.690. The molecule has 0 aromatic heterocycles. The molecule has 0 aromatic rings. The Morgan fingerprint density at radius 2 is 1.69 bits per heavy atom. The van der Waals surface area contributed by atoms with Crippen LogP contribution in [-0.2, 0) is 0 Å². The van der Waals surface area contributed by atoms with Crippen molar-refractivity contribution in [1.29, 1.82) is 0 Å². The Hall–Kier alpha value is -0.240. The molecule has 0 radical (unpaired) electrons. The lowest BCUT2D eigenvalue weighted by molar-refractivity contribution is -0.00750. The Labute approximate surface area is 77.0 Å². The summed E-state index contributed by atoms with van der Waals surface area (Å²) in [4.78, 5) is 0. The van der Waals surface area contributed by atoms with Gasteiger partial charge < -0.3 is 26.2 Å². The van der Waals surface area contributed by atoms with Gasteiger partial charge in [0, 0.05) is 5.92 Å². The molecule has 0 saturated carbocycles. The van der Waals surface area contributed by atoms with Crippen molar-refractivity contribution in [2.75, 3.05) is 13.2 Å². The molecule has 6 nitrogen and oxygen atoms in total. The summed E-state index contributed by atoms with van der Waals surface area (Å²) in [5, 5.41) is 38.1. The van der Waals surface area contributed by atoms with Crippen LogP contribution in [-0.4, -0.2) is 52.1 Å². The summed E-state index contributed by atoms with van der Waals surface area (Å²) in [6.45, 7) is 0.770. The van der Waals surface area contributed by atoms with E-state index in [1.807, 2.05) is 0 Å². The Morgan fingerprint density at radius 3 is 2.00 bits per heavy atom. The zero-order valence-corrected chi connectivity index (χ0v) is 7.59. The first-order valence-corrected chi connectivity index (χ1v) is 4.12. The third-order valence-corrected chi connectivity index (χ3v) is 1.80. The number of nitrogens with two attached hydrogens (primary N) is 1. The van der Waals surface area contributed by atoms with Gasteiger partial charge in [0.2, 0.25) is 0 Å². The fourth-order valence-corrected chi connectivity index (χ4v) is 0.730. The molecule has 3 unspecified atom stereocenters. The standard InChI is InChI=1S/C7H18N2O4/c1-4(12)6(8)9-7(13)5(2-10)3-11/h4-7,9-13H,2-3,8H2,1H3. The lowest BCUT2D eigenvalue weighted by atomic mass is 10.1. The lowest BCUT2D eigenvalue weighted by Gasteiger charge is -2.25. The number of hydrogen-bond donors (Lipinski definition) is 6. The van der Waals surface area contributed by atoms with Crippen molar-refractivity contribution in [3.05, 3.63) is 0 Å². The summed E-state index contributed by atoms with van der Waals surface area (Å²) in [6.07, 6.45) is -2.72. The van der Waals surface area contributed by atoms with Gasteiger partial charge in [-0.3, -0.25) is 5.32 Å². The van der Waals surface area contributed by atoms with Crippen LogP contribution in [0.1, 0.15) is 6.92 Å². The van der Waals surface area contributed by atoms with Crippen molar-refractivity contribution < 1.29 is 20.4 Å². The van der Waals surface area contributed by atoms with Crippen LogP contribution in [0.4, 0.5) is 0 Å². The SMILES string of the molecule is CC(O)C(N)NC(O)C(CO)CO. The molecule has 0 aliphatic rings. The van der Waals surface area contributed by atoms with Crippen molar-refractivity contribution in [3.8, 4) is 0 Å². The molecule has 80 valence electrons. The highest BCUT2D eigenvalue weighted by atomic mass is 16.3. The highest BCUT2D eigenvalue weighted by molar-refractivity contribution is 4.71. The smallest absolute Gasteiger partial charge is 0.113 e. The third-order valence-electron chi connectivity index (χ3n) is 1.80. The molecule has 0 aliphatic carbocycles. The van der Waals surface area contributed by atoms with E-state index in [0.29, 0.717) is 0 Å². The van der Waals surface area contributed by atoms with Gasteiger partial charge in [-0.2, -0.15) is 0 Å². The maximum Gasteiger partial charge on any atom is 0.113 e. The van der Waals surface area contributed by atoms with Crippen LogP contribution in [0.25, 0.3) is 0 Å². The van der Waals surface area contributed by atoms with Crippen LogP contribution in [0.15, 0.2) is 0 Å². The summed E-state index contributed by atoms with van der Waals surface area (Å²) < 4.78 is 0. The predicted molar refractivity (Wildman–Crippen MR) is 46.5 cm³/mol. The van der Waals surface area contributed by atoms with Gasteiger partial charge >= 0.3 is 0 Å². The molecule has 0 saturated heterocycles. The Morgan fingerprint density at radius 1 is 1.23 bits per heavy atom. The normalized spacial score (nSPS) is 18.7. The molecule has 0 bridgehead atoms. The average molecular weight is 194 g/mol. The number of rotatable bonds is 6. The lowest BCUT2D eigenvalue weighted by Crippen LogP contribution is -2.53. The molecule has 0 aliphatic heterocycles. The molecule has 0 rings (SSSR count). The zero-order valence-electron chi connectivity index (χ0n) is 7.59. The van der Waals surface area contributed by atoms with Crippen molar-refractivity contribution >= 4 is 0 Å².